The van der Waals surface area contributed by atoms with Crippen molar-refractivity contribution in [3.05, 3.63) is 241 Å². The lowest BCUT2D eigenvalue weighted by Gasteiger charge is -2.23. The van der Waals surface area contributed by atoms with E-state index in [-0.39, 0.29) is 22.5 Å². The molecule has 0 atom stereocenters. The highest BCUT2D eigenvalue weighted by molar-refractivity contribution is 6.13. The Kier molecular flexibility index (Phi) is 9.88. The van der Waals surface area contributed by atoms with Gasteiger partial charge in [0.1, 0.15) is 5.56 Å². The van der Waals surface area contributed by atoms with E-state index < -0.39 is 29.2 Å². The fourth-order valence-corrected chi connectivity index (χ4v) is 9.94. The van der Waals surface area contributed by atoms with E-state index in [0.29, 0.717) is 43.6 Å². The Hall–Kier alpha value is -8.62. The molecule has 0 N–H and O–H groups in total. The van der Waals surface area contributed by atoms with E-state index in [9.17, 15) is 4.39 Å². The summed E-state index contributed by atoms with van der Waals surface area (Å²) in [5.41, 5.74) is 6.74. The number of benzene rings is 10. The van der Waals surface area contributed by atoms with Gasteiger partial charge in [0, 0.05) is 21.5 Å². The molecule has 12 rings (SSSR count). The SMILES string of the molecule is Fc1cc(-c2cc(-n3c4cc(-c5ccccc5)ccc4c4ccc(-c5ccccc5)cc43)c(C(F)(F)F)c(-n3c4cc(-c5ccccc5)ccc4c4ccc(-c5ccccc5)cc43)c2)cc(F)c1F. The fraction of sp³-hybridized carbons (Fsp3) is 0.0164. The number of hydrogen-bond acceptors (Lipinski definition) is 0. The fourth-order valence-electron chi connectivity index (χ4n) is 9.94. The van der Waals surface area contributed by atoms with E-state index in [4.69, 9.17) is 0 Å². The molecule has 8 heteroatoms. The summed E-state index contributed by atoms with van der Waals surface area (Å²) in [7, 11) is 0. The molecule has 2 aromatic heterocycles. The molecule has 0 saturated carbocycles. The van der Waals surface area contributed by atoms with E-state index in [1.807, 2.05) is 194 Å². The van der Waals surface area contributed by atoms with Gasteiger partial charge in [-0.3, -0.25) is 0 Å². The van der Waals surface area contributed by atoms with Crippen LogP contribution in [0, 0.1) is 17.5 Å². The smallest absolute Gasteiger partial charge is 0.308 e. The molecule has 332 valence electrons. The molecule has 0 aliphatic rings. The van der Waals surface area contributed by atoms with Gasteiger partial charge in [0.05, 0.1) is 33.4 Å². The average molecular weight is 911 g/mol. The van der Waals surface area contributed by atoms with Crippen molar-refractivity contribution in [2.75, 3.05) is 0 Å². The van der Waals surface area contributed by atoms with Gasteiger partial charge in [0.2, 0.25) is 0 Å². The van der Waals surface area contributed by atoms with Crippen LogP contribution in [0.1, 0.15) is 5.56 Å². The van der Waals surface area contributed by atoms with E-state index >= 15 is 22.0 Å². The van der Waals surface area contributed by atoms with Gasteiger partial charge >= 0.3 is 6.18 Å². The van der Waals surface area contributed by atoms with Crippen LogP contribution in [0.5, 0.6) is 0 Å². The van der Waals surface area contributed by atoms with Gasteiger partial charge in [-0.05, 0) is 104 Å². The molecular formula is C61H36F6N2. The monoisotopic (exact) mass is 910 g/mol. The molecule has 0 saturated heterocycles. The number of halogens is 6. The highest BCUT2D eigenvalue weighted by atomic mass is 19.4. The second-order valence-electron chi connectivity index (χ2n) is 17.2. The molecule has 0 radical (unpaired) electrons. The summed E-state index contributed by atoms with van der Waals surface area (Å²) in [5, 5.41) is 2.78. The van der Waals surface area contributed by atoms with Crippen molar-refractivity contribution >= 4 is 43.6 Å². The van der Waals surface area contributed by atoms with Crippen LogP contribution in [0.25, 0.3) is 111 Å². The highest BCUT2D eigenvalue weighted by Crippen LogP contribution is 2.48. The van der Waals surface area contributed by atoms with E-state index in [1.54, 1.807) is 9.13 Å². The molecular weight excluding hydrogens is 875 g/mol. The van der Waals surface area contributed by atoms with Crippen LogP contribution < -0.4 is 0 Å². The average Bonchev–Trinajstić information content (AvgIpc) is 3.89. The van der Waals surface area contributed by atoms with Gasteiger partial charge in [-0.1, -0.05) is 170 Å². The van der Waals surface area contributed by atoms with Crippen LogP contribution in [-0.2, 0) is 6.18 Å². The van der Waals surface area contributed by atoms with Gasteiger partial charge < -0.3 is 9.13 Å². The van der Waals surface area contributed by atoms with Gasteiger partial charge in [-0.15, -0.1) is 0 Å². The van der Waals surface area contributed by atoms with Gasteiger partial charge in [0.25, 0.3) is 0 Å². The molecule has 2 nitrogen and oxygen atoms in total. The Balaban J connectivity index is 1.27. The van der Waals surface area contributed by atoms with Crippen molar-refractivity contribution in [3.8, 4) is 67.0 Å². The van der Waals surface area contributed by atoms with Crippen LogP contribution >= 0.6 is 0 Å². The molecule has 0 fully saturated rings. The molecule has 0 aliphatic carbocycles. The molecule has 10 aromatic carbocycles. The molecule has 0 spiro atoms. The van der Waals surface area contributed by atoms with Crippen LogP contribution in [0.2, 0.25) is 0 Å². The summed E-state index contributed by atoms with van der Waals surface area (Å²) >= 11 is 0. The van der Waals surface area contributed by atoms with Crippen LogP contribution in [0.4, 0.5) is 26.3 Å². The first-order chi connectivity index (χ1) is 33.6. The van der Waals surface area contributed by atoms with Crippen molar-refractivity contribution in [2.45, 2.75) is 6.18 Å². The first-order valence-electron chi connectivity index (χ1n) is 22.4. The Morgan fingerprint density at radius 2 is 0.551 bits per heavy atom. The zero-order chi connectivity index (χ0) is 47.0. The van der Waals surface area contributed by atoms with Gasteiger partial charge in [-0.2, -0.15) is 13.2 Å². The highest BCUT2D eigenvalue weighted by Gasteiger charge is 2.40. The second-order valence-corrected chi connectivity index (χ2v) is 17.2. The lowest BCUT2D eigenvalue weighted by atomic mass is 9.98. The molecule has 2 heterocycles. The Labute approximate surface area is 392 Å². The first kappa shape index (κ1) is 41.8. The minimum Gasteiger partial charge on any atom is -0.308 e. The number of hydrogen-bond donors (Lipinski definition) is 0. The number of nitrogens with zero attached hydrogens (tertiary/aromatic N) is 2. The second kappa shape index (κ2) is 16.3. The number of alkyl halides is 3. The number of aromatic nitrogens is 2. The lowest BCUT2D eigenvalue weighted by Crippen LogP contribution is -2.16. The maximum Gasteiger partial charge on any atom is 0.420 e. The van der Waals surface area contributed by atoms with Gasteiger partial charge in [0.15, 0.2) is 17.5 Å². The van der Waals surface area contributed by atoms with E-state index in [2.05, 4.69) is 0 Å². The minimum atomic E-state index is -5.03. The standard InChI is InChI=1S/C61H36F6N2/c62-51-29-45(30-52(63)60(51)64)46-35-57(68-53-31-41(37-13-5-1-6-14-37)21-25-47(53)48-26-22-42(32-54(48)68)38-15-7-2-8-16-38)59(61(65,66)67)58(36-46)69-55-33-43(39-17-9-3-10-18-39)23-27-49(55)50-28-24-44(34-56(50)69)40-19-11-4-12-20-40/h1-36H. The maximum atomic E-state index is 17.0. The third-order valence-electron chi connectivity index (χ3n) is 13.1. The lowest BCUT2D eigenvalue weighted by molar-refractivity contribution is -0.137. The molecule has 12 aromatic rings. The summed E-state index contributed by atoms with van der Waals surface area (Å²) < 4.78 is 99.7. The van der Waals surface area contributed by atoms with Gasteiger partial charge in [-0.25, -0.2) is 13.2 Å². The molecule has 0 bridgehead atoms. The molecule has 0 aliphatic heterocycles. The first-order valence-corrected chi connectivity index (χ1v) is 22.4. The van der Waals surface area contributed by atoms with E-state index in [1.165, 1.54) is 12.1 Å². The maximum absolute atomic E-state index is 17.0. The van der Waals surface area contributed by atoms with Crippen molar-refractivity contribution < 1.29 is 26.3 Å². The molecule has 0 amide bonds. The van der Waals surface area contributed by atoms with Crippen LogP contribution in [0.15, 0.2) is 218 Å². The summed E-state index contributed by atoms with van der Waals surface area (Å²) in [6.45, 7) is 0. The predicted octanol–water partition coefficient (Wildman–Crippen LogP) is 17.7. The summed E-state index contributed by atoms with van der Waals surface area (Å²) in [4.78, 5) is 0. The van der Waals surface area contributed by atoms with Crippen LogP contribution in [0.3, 0.4) is 0 Å². The summed E-state index contributed by atoms with van der Waals surface area (Å²) in [6.07, 6.45) is -5.03. The predicted molar refractivity (Wildman–Crippen MR) is 267 cm³/mol. The molecule has 69 heavy (non-hydrogen) atoms. The Morgan fingerprint density at radius 3 is 0.826 bits per heavy atom. The molecule has 0 unspecified atom stereocenters. The minimum absolute atomic E-state index is 0.0349. The van der Waals surface area contributed by atoms with Crippen molar-refractivity contribution in [3.63, 3.8) is 0 Å². The zero-order valence-electron chi connectivity index (χ0n) is 36.4. The topological polar surface area (TPSA) is 9.86 Å². The third kappa shape index (κ3) is 7.15. The third-order valence-corrected chi connectivity index (χ3v) is 13.1. The largest absolute Gasteiger partial charge is 0.420 e. The number of rotatable bonds is 7. The normalized spacial score (nSPS) is 11.9. The van der Waals surface area contributed by atoms with Crippen molar-refractivity contribution in [2.24, 2.45) is 0 Å². The summed E-state index contributed by atoms with van der Waals surface area (Å²) in [5.74, 6) is -4.62. The Morgan fingerprint density at radius 1 is 0.275 bits per heavy atom. The zero-order valence-corrected chi connectivity index (χ0v) is 36.4. The summed E-state index contributed by atoms with van der Waals surface area (Å²) in [6, 6.07) is 65.6. The quantitative estimate of drug-likeness (QED) is 0.111. The van der Waals surface area contributed by atoms with Crippen molar-refractivity contribution in [1.29, 1.82) is 0 Å². The Bertz CT molecular complexity index is 3510. The van der Waals surface area contributed by atoms with E-state index in [0.717, 1.165) is 56.6 Å². The van der Waals surface area contributed by atoms with Crippen molar-refractivity contribution in [1.82, 2.24) is 9.13 Å². The van der Waals surface area contributed by atoms with Crippen LogP contribution in [-0.4, -0.2) is 9.13 Å². The number of fused-ring (bicyclic) bond motifs is 6.